The average molecular weight is 228 g/mol. The normalized spacial score (nSPS) is 16.3. The van der Waals surface area contributed by atoms with Crippen LogP contribution >= 0.6 is 0 Å². The number of carboxylic acids is 1. The molecule has 0 saturated heterocycles. The fraction of sp³-hybridized carbons (Fsp3) is 0.600. The van der Waals surface area contributed by atoms with Crippen LogP contribution in [-0.4, -0.2) is 52.3 Å². The summed E-state index contributed by atoms with van der Waals surface area (Å²) >= 11 is 0. The minimum absolute atomic E-state index is 0.172. The molecule has 6 nitrogen and oxygen atoms in total. The highest BCUT2D eigenvalue weighted by Crippen LogP contribution is 2.26. The van der Waals surface area contributed by atoms with Gasteiger partial charge in [0.2, 0.25) is 0 Å². The van der Waals surface area contributed by atoms with E-state index in [9.17, 15) is 9.59 Å². The first-order valence-corrected chi connectivity index (χ1v) is 5.11. The molecule has 90 valence electrons. The highest BCUT2D eigenvalue weighted by molar-refractivity contribution is 5.83. The molecule has 0 radical (unpaired) electrons. The van der Waals surface area contributed by atoms with E-state index in [1.54, 1.807) is 6.08 Å². The zero-order valence-corrected chi connectivity index (χ0v) is 8.93. The molecule has 0 aromatic rings. The van der Waals surface area contributed by atoms with Gasteiger partial charge in [-0.25, -0.2) is 9.59 Å². The number of rotatable bonds is 6. The van der Waals surface area contributed by atoms with Crippen molar-refractivity contribution in [3.05, 3.63) is 12.7 Å². The number of hydrogen-bond acceptors (Lipinski definition) is 3. The van der Waals surface area contributed by atoms with Gasteiger partial charge in [-0.3, -0.25) is 0 Å². The number of carboxylic acid groups (broad SMARTS) is 1. The molecule has 1 saturated carbocycles. The standard InChI is InChI=1S/C10H16N2O4/c1-2-5-12(7-3-4-7)10(16)11-8(6-13)9(14)15/h2,7-8,13H,1,3-6H2,(H,11,16)(H,14,15)/t8-/m1/s1. The van der Waals surface area contributed by atoms with Gasteiger partial charge >= 0.3 is 12.0 Å². The van der Waals surface area contributed by atoms with Gasteiger partial charge in [-0.2, -0.15) is 0 Å². The van der Waals surface area contributed by atoms with Gasteiger partial charge in [0.1, 0.15) is 0 Å². The third kappa shape index (κ3) is 3.23. The molecular formula is C10H16N2O4. The maximum Gasteiger partial charge on any atom is 0.328 e. The molecule has 0 aromatic carbocycles. The fourth-order valence-electron chi connectivity index (χ4n) is 1.34. The molecule has 3 N–H and O–H groups in total. The van der Waals surface area contributed by atoms with Gasteiger partial charge in [0, 0.05) is 12.6 Å². The van der Waals surface area contributed by atoms with Gasteiger partial charge in [0.15, 0.2) is 6.04 Å². The molecule has 1 fully saturated rings. The van der Waals surface area contributed by atoms with E-state index < -0.39 is 24.6 Å². The summed E-state index contributed by atoms with van der Waals surface area (Å²) in [5.74, 6) is -1.25. The van der Waals surface area contributed by atoms with Crippen molar-refractivity contribution in [3.8, 4) is 0 Å². The molecule has 0 spiro atoms. The Morgan fingerprint density at radius 2 is 2.19 bits per heavy atom. The second kappa shape index (κ2) is 5.50. The highest BCUT2D eigenvalue weighted by Gasteiger charge is 2.33. The van der Waals surface area contributed by atoms with Crippen molar-refractivity contribution in [2.75, 3.05) is 13.2 Å². The maximum absolute atomic E-state index is 11.7. The van der Waals surface area contributed by atoms with E-state index in [2.05, 4.69) is 11.9 Å². The van der Waals surface area contributed by atoms with Crippen molar-refractivity contribution in [1.82, 2.24) is 10.2 Å². The summed E-state index contributed by atoms with van der Waals surface area (Å²) in [6.07, 6.45) is 3.45. The van der Waals surface area contributed by atoms with Gasteiger partial charge in [0.05, 0.1) is 6.61 Å². The Bertz CT molecular complexity index is 289. The van der Waals surface area contributed by atoms with Crippen LogP contribution in [-0.2, 0) is 4.79 Å². The number of carbonyl (C=O) groups excluding carboxylic acids is 1. The topological polar surface area (TPSA) is 89.9 Å². The van der Waals surface area contributed by atoms with E-state index >= 15 is 0 Å². The number of hydrogen-bond donors (Lipinski definition) is 3. The van der Waals surface area contributed by atoms with Gasteiger partial charge in [-0.15, -0.1) is 6.58 Å². The van der Waals surface area contributed by atoms with Gasteiger partial charge in [-0.05, 0) is 12.8 Å². The Hall–Kier alpha value is -1.56. The van der Waals surface area contributed by atoms with E-state index in [0.717, 1.165) is 12.8 Å². The lowest BCUT2D eigenvalue weighted by atomic mass is 10.3. The van der Waals surface area contributed by atoms with Crippen molar-refractivity contribution in [2.24, 2.45) is 0 Å². The lowest BCUT2D eigenvalue weighted by Gasteiger charge is -2.23. The molecule has 1 rings (SSSR count). The van der Waals surface area contributed by atoms with E-state index in [4.69, 9.17) is 10.2 Å². The SMILES string of the molecule is C=CCN(C(=O)N[C@H](CO)C(=O)O)C1CC1. The third-order valence-electron chi connectivity index (χ3n) is 2.35. The predicted molar refractivity (Wildman–Crippen MR) is 57.0 cm³/mol. The molecule has 0 unspecified atom stereocenters. The summed E-state index contributed by atoms with van der Waals surface area (Å²) in [5.41, 5.74) is 0. The number of amides is 2. The van der Waals surface area contributed by atoms with Crippen LogP contribution < -0.4 is 5.32 Å². The molecular weight excluding hydrogens is 212 g/mol. The van der Waals surface area contributed by atoms with E-state index in [1.165, 1.54) is 4.90 Å². The Kier molecular flexibility index (Phi) is 4.30. The zero-order chi connectivity index (χ0) is 12.1. The smallest absolute Gasteiger partial charge is 0.328 e. The average Bonchev–Trinajstić information content (AvgIpc) is 3.05. The number of aliphatic hydroxyl groups is 1. The Morgan fingerprint density at radius 1 is 1.56 bits per heavy atom. The van der Waals surface area contributed by atoms with Crippen molar-refractivity contribution in [2.45, 2.75) is 24.9 Å². The maximum atomic E-state index is 11.7. The predicted octanol–water partition coefficient (Wildman–Crippen LogP) is -0.208. The molecule has 0 heterocycles. The summed E-state index contributed by atoms with van der Waals surface area (Å²) in [7, 11) is 0. The summed E-state index contributed by atoms with van der Waals surface area (Å²) < 4.78 is 0. The summed E-state index contributed by atoms with van der Waals surface area (Å²) in [5, 5.41) is 19.7. The van der Waals surface area contributed by atoms with E-state index in [-0.39, 0.29) is 6.04 Å². The minimum atomic E-state index is -1.25. The number of nitrogens with zero attached hydrogens (tertiary/aromatic N) is 1. The highest BCUT2D eigenvalue weighted by atomic mass is 16.4. The number of nitrogens with one attached hydrogen (secondary N) is 1. The van der Waals surface area contributed by atoms with Crippen LogP contribution in [0.3, 0.4) is 0 Å². The monoisotopic (exact) mass is 228 g/mol. The quantitative estimate of drug-likeness (QED) is 0.549. The Labute approximate surface area is 93.5 Å². The number of urea groups is 1. The van der Waals surface area contributed by atoms with Gasteiger partial charge in [0.25, 0.3) is 0 Å². The molecule has 16 heavy (non-hydrogen) atoms. The first kappa shape index (κ1) is 12.5. The Morgan fingerprint density at radius 3 is 2.56 bits per heavy atom. The van der Waals surface area contributed by atoms with Crippen molar-refractivity contribution < 1.29 is 19.8 Å². The zero-order valence-electron chi connectivity index (χ0n) is 8.93. The summed E-state index contributed by atoms with van der Waals surface area (Å²) in [6, 6.07) is -1.55. The van der Waals surface area contributed by atoms with E-state index in [0.29, 0.717) is 6.54 Å². The van der Waals surface area contributed by atoms with Crippen molar-refractivity contribution in [3.63, 3.8) is 0 Å². The molecule has 1 atom stereocenters. The molecule has 6 heteroatoms. The van der Waals surface area contributed by atoms with Crippen LogP contribution in [0.25, 0.3) is 0 Å². The summed E-state index contributed by atoms with van der Waals surface area (Å²) in [4.78, 5) is 23.8. The Balaban J connectivity index is 2.53. The second-order valence-corrected chi connectivity index (χ2v) is 3.70. The lowest BCUT2D eigenvalue weighted by Crippen LogP contribution is -2.50. The summed E-state index contributed by atoms with van der Waals surface area (Å²) in [6.45, 7) is 3.31. The second-order valence-electron chi connectivity index (χ2n) is 3.70. The first-order chi connectivity index (χ1) is 7.60. The molecule has 0 bridgehead atoms. The van der Waals surface area contributed by atoms with Crippen LogP contribution in [0, 0.1) is 0 Å². The first-order valence-electron chi connectivity index (χ1n) is 5.11. The van der Waals surface area contributed by atoms with Crippen LogP contribution in [0.4, 0.5) is 4.79 Å². The molecule has 0 aromatic heterocycles. The lowest BCUT2D eigenvalue weighted by molar-refractivity contribution is -0.140. The molecule has 1 aliphatic rings. The van der Waals surface area contributed by atoms with Gasteiger partial charge in [-0.1, -0.05) is 6.08 Å². The molecule has 1 aliphatic carbocycles. The molecule has 2 amide bonds. The molecule has 0 aliphatic heterocycles. The number of aliphatic carboxylic acids is 1. The van der Waals surface area contributed by atoms with Crippen LogP contribution in [0.15, 0.2) is 12.7 Å². The van der Waals surface area contributed by atoms with Crippen LogP contribution in [0.5, 0.6) is 0 Å². The minimum Gasteiger partial charge on any atom is -0.480 e. The van der Waals surface area contributed by atoms with E-state index in [1.807, 2.05) is 0 Å². The fourth-order valence-corrected chi connectivity index (χ4v) is 1.34. The van der Waals surface area contributed by atoms with Crippen molar-refractivity contribution in [1.29, 1.82) is 0 Å². The third-order valence-corrected chi connectivity index (χ3v) is 2.35. The van der Waals surface area contributed by atoms with Crippen LogP contribution in [0.1, 0.15) is 12.8 Å². The number of aliphatic hydroxyl groups excluding tert-OH is 1. The van der Waals surface area contributed by atoms with Crippen LogP contribution in [0.2, 0.25) is 0 Å². The van der Waals surface area contributed by atoms with Gasteiger partial charge < -0.3 is 20.4 Å². The van der Waals surface area contributed by atoms with Crippen molar-refractivity contribution >= 4 is 12.0 Å². The largest absolute Gasteiger partial charge is 0.480 e. The number of carbonyl (C=O) groups is 2.